The Kier molecular flexibility index (Phi) is 2.87. The van der Waals surface area contributed by atoms with E-state index in [9.17, 15) is 4.79 Å². The van der Waals surface area contributed by atoms with Gasteiger partial charge < -0.3 is 4.98 Å². The van der Waals surface area contributed by atoms with Crippen LogP contribution in [-0.4, -0.2) is 9.97 Å². The second-order valence-electron chi connectivity index (χ2n) is 5.50. The molecule has 22 heavy (non-hydrogen) atoms. The van der Waals surface area contributed by atoms with Crippen LogP contribution in [-0.2, 0) is 0 Å². The van der Waals surface area contributed by atoms with Gasteiger partial charge in [-0.1, -0.05) is 12.1 Å². The number of hydrogen-bond donors (Lipinski definition) is 1. The maximum Gasteiger partial charge on any atom is 0.199 e. The van der Waals surface area contributed by atoms with Crippen LogP contribution in [0.1, 0.15) is 11.1 Å². The van der Waals surface area contributed by atoms with E-state index >= 15 is 0 Å². The summed E-state index contributed by atoms with van der Waals surface area (Å²) in [5, 5.41) is 1.49. The molecule has 0 aliphatic rings. The topological polar surface area (TPSA) is 45.8 Å². The molecule has 4 aromatic rings. The number of aromatic amines is 1. The van der Waals surface area contributed by atoms with E-state index in [2.05, 4.69) is 16.9 Å². The smallest absolute Gasteiger partial charge is 0.199 e. The van der Waals surface area contributed by atoms with E-state index in [1.807, 2.05) is 43.3 Å². The van der Waals surface area contributed by atoms with Crippen molar-refractivity contribution >= 4 is 32.5 Å². The standard InChI is InChI=1S/C18H14N2OS/c1-10-7-12-15(8-11(10)2)19-9-13(17(12)21)18-20-14-5-3-4-6-16(14)22-18/h3-9H,1-2H3,(H,19,21). The number of pyridine rings is 1. The predicted molar refractivity (Wildman–Crippen MR) is 92.7 cm³/mol. The summed E-state index contributed by atoms with van der Waals surface area (Å²) in [4.78, 5) is 20.6. The molecule has 2 heterocycles. The fourth-order valence-corrected chi connectivity index (χ4v) is 3.61. The first-order valence-corrected chi connectivity index (χ1v) is 7.94. The molecule has 0 amide bonds. The van der Waals surface area contributed by atoms with Crippen LogP contribution in [0.2, 0.25) is 0 Å². The molecule has 108 valence electrons. The Morgan fingerprint density at radius 3 is 2.68 bits per heavy atom. The highest BCUT2D eigenvalue weighted by Crippen LogP contribution is 2.28. The number of nitrogens with zero attached hydrogens (tertiary/aromatic N) is 1. The lowest BCUT2D eigenvalue weighted by atomic mass is 10.0. The van der Waals surface area contributed by atoms with Crippen LogP contribution in [0.4, 0.5) is 0 Å². The molecule has 4 rings (SSSR count). The second kappa shape index (κ2) is 4.78. The molecule has 3 nitrogen and oxygen atoms in total. The zero-order chi connectivity index (χ0) is 15.3. The van der Waals surface area contributed by atoms with Crippen molar-refractivity contribution in [1.29, 1.82) is 0 Å². The summed E-state index contributed by atoms with van der Waals surface area (Å²) in [6, 6.07) is 11.9. The van der Waals surface area contributed by atoms with Gasteiger partial charge in [-0.25, -0.2) is 4.98 Å². The van der Waals surface area contributed by atoms with Gasteiger partial charge in [0.2, 0.25) is 0 Å². The van der Waals surface area contributed by atoms with Gasteiger partial charge in [0, 0.05) is 17.1 Å². The second-order valence-corrected chi connectivity index (χ2v) is 6.53. The molecular formula is C18H14N2OS. The van der Waals surface area contributed by atoms with Gasteiger partial charge in [0.15, 0.2) is 5.43 Å². The number of aryl methyl sites for hydroxylation is 2. The first-order valence-electron chi connectivity index (χ1n) is 7.12. The van der Waals surface area contributed by atoms with Crippen LogP contribution < -0.4 is 5.43 Å². The maximum atomic E-state index is 12.8. The van der Waals surface area contributed by atoms with Crippen molar-refractivity contribution in [2.45, 2.75) is 13.8 Å². The minimum absolute atomic E-state index is 0.0379. The van der Waals surface area contributed by atoms with Gasteiger partial charge in [-0.2, -0.15) is 0 Å². The van der Waals surface area contributed by atoms with Gasteiger partial charge in [0.05, 0.1) is 15.8 Å². The van der Waals surface area contributed by atoms with Crippen LogP contribution in [0, 0.1) is 13.8 Å². The van der Waals surface area contributed by atoms with Crippen molar-refractivity contribution in [3.63, 3.8) is 0 Å². The number of nitrogens with one attached hydrogen (secondary N) is 1. The summed E-state index contributed by atoms with van der Waals surface area (Å²) in [5.74, 6) is 0. The van der Waals surface area contributed by atoms with Crippen molar-refractivity contribution in [2.24, 2.45) is 0 Å². The molecule has 0 unspecified atom stereocenters. The molecule has 4 heteroatoms. The number of fused-ring (bicyclic) bond motifs is 2. The quantitative estimate of drug-likeness (QED) is 0.566. The van der Waals surface area contributed by atoms with Gasteiger partial charge in [0.1, 0.15) is 5.01 Å². The lowest BCUT2D eigenvalue weighted by Crippen LogP contribution is -2.06. The van der Waals surface area contributed by atoms with Crippen molar-refractivity contribution in [3.05, 3.63) is 63.9 Å². The lowest BCUT2D eigenvalue weighted by Gasteiger charge is -2.05. The Hall–Kier alpha value is -2.46. The monoisotopic (exact) mass is 306 g/mol. The molecule has 0 aliphatic carbocycles. The van der Waals surface area contributed by atoms with E-state index in [0.29, 0.717) is 5.56 Å². The van der Waals surface area contributed by atoms with Gasteiger partial charge >= 0.3 is 0 Å². The number of hydrogen-bond acceptors (Lipinski definition) is 3. The summed E-state index contributed by atoms with van der Waals surface area (Å²) in [6.45, 7) is 4.08. The average molecular weight is 306 g/mol. The minimum Gasteiger partial charge on any atom is -0.360 e. The highest BCUT2D eigenvalue weighted by Gasteiger charge is 2.12. The fraction of sp³-hybridized carbons (Fsp3) is 0.111. The van der Waals surface area contributed by atoms with E-state index in [-0.39, 0.29) is 5.43 Å². The summed E-state index contributed by atoms with van der Waals surface area (Å²) < 4.78 is 1.09. The van der Waals surface area contributed by atoms with E-state index < -0.39 is 0 Å². The summed E-state index contributed by atoms with van der Waals surface area (Å²) in [6.07, 6.45) is 1.77. The molecule has 2 aromatic heterocycles. The van der Waals surface area contributed by atoms with Gasteiger partial charge in [0.25, 0.3) is 0 Å². The number of H-pyrrole nitrogens is 1. The number of rotatable bonds is 1. The van der Waals surface area contributed by atoms with Crippen molar-refractivity contribution in [3.8, 4) is 10.6 Å². The van der Waals surface area contributed by atoms with Gasteiger partial charge in [-0.3, -0.25) is 4.79 Å². The predicted octanol–water partition coefficient (Wildman–Crippen LogP) is 4.42. The molecule has 2 aromatic carbocycles. The SMILES string of the molecule is Cc1cc2[nH]cc(-c3nc4ccccc4s3)c(=O)c2cc1C. The Morgan fingerprint density at radius 2 is 1.86 bits per heavy atom. The van der Waals surface area contributed by atoms with E-state index in [1.165, 1.54) is 5.56 Å². The summed E-state index contributed by atoms with van der Waals surface area (Å²) in [5.41, 5.74) is 4.78. The first-order chi connectivity index (χ1) is 10.6. The molecule has 0 saturated heterocycles. The molecule has 0 fully saturated rings. The molecule has 0 radical (unpaired) electrons. The number of benzene rings is 2. The largest absolute Gasteiger partial charge is 0.360 e. The zero-order valence-electron chi connectivity index (χ0n) is 12.3. The normalized spacial score (nSPS) is 11.4. The fourth-order valence-electron chi connectivity index (χ4n) is 2.63. The Bertz CT molecular complexity index is 1040. The van der Waals surface area contributed by atoms with E-state index in [4.69, 9.17) is 0 Å². The van der Waals surface area contributed by atoms with Crippen molar-refractivity contribution in [1.82, 2.24) is 9.97 Å². The van der Waals surface area contributed by atoms with Crippen LogP contribution in [0.15, 0.2) is 47.4 Å². The van der Waals surface area contributed by atoms with Crippen LogP contribution in [0.25, 0.3) is 31.7 Å². The first kappa shape index (κ1) is 13.2. The highest BCUT2D eigenvalue weighted by atomic mass is 32.1. The molecule has 1 N–H and O–H groups in total. The lowest BCUT2D eigenvalue weighted by molar-refractivity contribution is 1.31. The van der Waals surface area contributed by atoms with Gasteiger partial charge in [-0.05, 0) is 49.2 Å². The van der Waals surface area contributed by atoms with E-state index in [0.717, 1.165) is 31.7 Å². The molecule has 0 atom stereocenters. The Morgan fingerprint density at radius 1 is 1.09 bits per heavy atom. The number of aromatic nitrogens is 2. The number of para-hydroxylation sites is 1. The number of thiazole rings is 1. The third-order valence-corrected chi connectivity index (χ3v) is 5.09. The van der Waals surface area contributed by atoms with Crippen LogP contribution in [0.3, 0.4) is 0 Å². The Labute approximate surface area is 131 Å². The summed E-state index contributed by atoms with van der Waals surface area (Å²) >= 11 is 1.55. The summed E-state index contributed by atoms with van der Waals surface area (Å²) in [7, 11) is 0. The van der Waals surface area contributed by atoms with Crippen LogP contribution in [0.5, 0.6) is 0 Å². The highest BCUT2D eigenvalue weighted by molar-refractivity contribution is 7.21. The average Bonchev–Trinajstić information content (AvgIpc) is 2.93. The molecular weight excluding hydrogens is 292 g/mol. The molecule has 0 saturated carbocycles. The molecule has 0 spiro atoms. The molecule has 0 aliphatic heterocycles. The van der Waals surface area contributed by atoms with Crippen molar-refractivity contribution in [2.75, 3.05) is 0 Å². The van der Waals surface area contributed by atoms with Gasteiger partial charge in [-0.15, -0.1) is 11.3 Å². The maximum absolute atomic E-state index is 12.8. The molecule has 0 bridgehead atoms. The minimum atomic E-state index is 0.0379. The van der Waals surface area contributed by atoms with Crippen molar-refractivity contribution < 1.29 is 0 Å². The third kappa shape index (κ3) is 1.96. The third-order valence-electron chi connectivity index (χ3n) is 4.02. The van der Waals surface area contributed by atoms with Crippen LogP contribution >= 0.6 is 11.3 Å². The zero-order valence-corrected chi connectivity index (χ0v) is 13.1. The Balaban J connectivity index is 2.00. The van der Waals surface area contributed by atoms with E-state index in [1.54, 1.807) is 17.5 Å².